The third-order valence-corrected chi connectivity index (χ3v) is 3.44. The van der Waals surface area contributed by atoms with Crippen LogP contribution in [-0.2, 0) is 10.3 Å². The SMILES string of the molecule is COCCCN(C)CCC(O)(CN)c1ccccc1. The molecule has 0 aliphatic rings. The van der Waals surface area contributed by atoms with Crippen molar-refractivity contribution in [2.24, 2.45) is 5.73 Å². The molecule has 0 aliphatic carbocycles. The van der Waals surface area contributed by atoms with Crippen molar-refractivity contribution in [3.8, 4) is 0 Å². The Morgan fingerprint density at radius 3 is 2.53 bits per heavy atom. The molecule has 0 bridgehead atoms. The number of methoxy groups -OCH3 is 1. The molecule has 1 unspecified atom stereocenters. The van der Waals surface area contributed by atoms with E-state index in [9.17, 15) is 5.11 Å². The molecule has 0 amide bonds. The number of rotatable bonds is 9. The highest BCUT2D eigenvalue weighted by Gasteiger charge is 2.27. The molecule has 0 fully saturated rings. The van der Waals surface area contributed by atoms with Gasteiger partial charge in [0.25, 0.3) is 0 Å². The van der Waals surface area contributed by atoms with Crippen LogP contribution < -0.4 is 5.73 Å². The van der Waals surface area contributed by atoms with Gasteiger partial charge in [0.2, 0.25) is 0 Å². The van der Waals surface area contributed by atoms with Crippen molar-refractivity contribution >= 4 is 0 Å². The van der Waals surface area contributed by atoms with Crippen LogP contribution in [-0.4, -0.2) is 50.4 Å². The number of ether oxygens (including phenoxy) is 1. The Labute approximate surface area is 116 Å². The molecule has 0 aromatic heterocycles. The summed E-state index contributed by atoms with van der Waals surface area (Å²) in [6, 6.07) is 9.66. The van der Waals surface area contributed by atoms with Gasteiger partial charge in [0, 0.05) is 33.4 Å². The highest BCUT2D eigenvalue weighted by Crippen LogP contribution is 2.23. The van der Waals surface area contributed by atoms with E-state index in [2.05, 4.69) is 11.9 Å². The molecule has 0 heterocycles. The summed E-state index contributed by atoms with van der Waals surface area (Å²) in [5.41, 5.74) is 5.72. The topological polar surface area (TPSA) is 58.7 Å². The van der Waals surface area contributed by atoms with E-state index >= 15 is 0 Å². The molecule has 19 heavy (non-hydrogen) atoms. The van der Waals surface area contributed by atoms with Crippen LogP contribution in [0.15, 0.2) is 30.3 Å². The van der Waals surface area contributed by atoms with Crippen molar-refractivity contribution in [3.05, 3.63) is 35.9 Å². The Balaban J connectivity index is 2.48. The Morgan fingerprint density at radius 2 is 1.95 bits per heavy atom. The first kappa shape index (κ1) is 16.1. The minimum absolute atomic E-state index is 0.239. The molecule has 0 aliphatic heterocycles. The van der Waals surface area contributed by atoms with E-state index in [1.54, 1.807) is 7.11 Å². The Morgan fingerprint density at radius 1 is 1.26 bits per heavy atom. The van der Waals surface area contributed by atoms with Gasteiger partial charge in [0.05, 0.1) is 0 Å². The normalized spacial score (nSPS) is 14.6. The van der Waals surface area contributed by atoms with Crippen LogP contribution in [0, 0.1) is 0 Å². The smallest absolute Gasteiger partial charge is 0.103 e. The van der Waals surface area contributed by atoms with Gasteiger partial charge in [-0.25, -0.2) is 0 Å². The summed E-state index contributed by atoms with van der Waals surface area (Å²) >= 11 is 0. The first-order valence-electron chi connectivity index (χ1n) is 6.78. The average molecular weight is 266 g/mol. The Bertz CT molecular complexity index is 345. The third-order valence-electron chi connectivity index (χ3n) is 3.44. The fourth-order valence-electron chi connectivity index (χ4n) is 2.08. The van der Waals surface area contributed by atoms with E-state index in [1.165, 1.54) is 0 Å². The maximum atomic E-state index is 10.6. The maximum Gasteiger partial charge on any atom is 0.103 e. The predicted molar refractivity (Wildman–Crippen MR) is 78.0 cm³/mol. The van der Waals surface area contributed by atoms with Gasteiger partial charge >= 0.3 is 0 Å². The summed E-state index contributed by atoms with van der Waals surface area (Å²) in [4.78, 5) is 2.20. The first-order valence-corrected chi connectivity index (χ1v) is 6.78. The number of nitrogens with zero attached hydrogens (tertiary/aromatic N) is 1. The Hall–Kier alpha value is -0.940. The molecule has 0 spiro atoms. The van der Waals surface area contributed by atoms with Crippen LogP contribution in [0.1, 0.15) is 18.4 Å². The zero-order chi connectivity index (χ0) is 14.1. The molecule has 0 saturated heterocycles. The number of hydrogen-bond donors (Lipinski definition) is 2. The lowest BCUT2D eigenvalue weighted by molar-refractivity contribution is 0.0275. The summed E-state index contributed by atoms with van der Waals surface area (Å²) < 4.78 is 5.03. The third kappa shape index (κ3) is 5.28. The maximum absolute atomic E-state index is 10.6. The van der Waals surface area contributed by atoms with Crippen molar-refractivity contribution in [3.63, 3.8) is 0 Å². The second-order valence-electron chi connectivity index (χ2n) is 5.00. The van der Waals surface area contributed by atoms with Gasteiger partial charge in [-0.05, 0) is 25.5 Å². The van der Waals surface area contributed by atoms with Crippen LogP contribution in [0.25, 0.3) is 0 Å². The molecule has 108 valence electrons. The van der Waals surface area contributed by atoms with Gasteiger partial charge in [0.15, 0.2) is 0 Å². The van der Waals surface area contributed by atoms with Gasteiger partial charge < -0.3 is 20.5 Å². The number of hydrogen-bond acceptors (Lipinski definition) is 4. The van der Waals surface area contributed by atoms with Gasteiger partial charge in [-0.3, -0.25) is 0 Å². The predicted octanol–water partition coefficient (Wildman–Crippen LogP) is 1.19. The summed E-state index contributed by atoms with van der Waals surface area (Å²) in [6.07, 6.45) is 1.64. The molecule has 1 aromatic rings. The van der Waals surface area contributed by atoms with E-state index in [0.29, 0.717) is 6.42 Å². The van der Waals surface area contributed by atoms with Crippen LogP contribution >= 0.6 is 0 Å². The molecule has 3 N–H and O–H groups in total. The number of aliphatic hydroxyl groups is 1. The zero-order valence-corrected chi connectivity index (χ0v) is 12.0. The van der Waals surface area contributed by atoms with Gasteiger partial charge in [0.1, 0.15) is 5.60 Å². The zero-order valence-electron chi connectivity index (χ0n) is 12.0. The van der Waals surface area contributed by atoms with Crippen molar-refractivity contribution in [1.82, 2.24) is 4.90 Å². The number of benzene rings is 1. The summed E-state index contributed by atoms with van der Waals surface area (Å²) in [6.45, 7) is 2.78. The van der Waals surface area contributed by atoms with E-state index < -0.39 is 5.60 Å². The fraction of sp³-hybridized carbons (Fsp3) is 0.600. The van der Waals surface area contributed by atoms with Crippen LogP contribution in [0.4, 0.5) is 0 Å². The Kier molecular flexibility index (Phi) is 7.02. The van der Waals surface area contributed by atoms with Gasteiger partial charge in [-0.1, -0.05) is 30.3 Å². The molecule has 4 heteroatoms. The van der Waals surface area contributed by atoms with Crippen LogP contribution in [0.5, 0.6) is 0 Å². The summed E-state index contributed by atoms with van der Waals surface area (Å²) in [7, 11) is 3.76. The fourth-order valence-corrected chi connectivity index (χ4v) is 2.08. The van der Waals surface area contributed by atoms with Crippen molar-refractivity contribution in [2.45, 2.75) is 18.4 Å². The lowest BCUT2D eigenvalue weighted by Gasteiger charge is -2.29. The van der Waals surface area contributed by atoms with Crippen LogP contribution in [0.2, 0.25) is 0 Å². The quantitative estimate of drug-likeness (QED) is 0.659. The largest absolute Gasteiger partial charge is 0.385 e. The van der Waals surface area contributed by atoms with E-state index in [1.807, 2.05) is 30.3 Å². The highest BCUT2D eigenvalue weighted by molar-refractivity contribution is 5.22. The molecule has 4 nitrogen and oxygen atoms in total. The average Bonchev–Trinajstić information content (AvgIpc) is 2.46. The molecule has 1 aromatic carbocycles. The van der Waals surface area contributed by atoms with E-state index in [4.69, 9.17) is 10.5 Å². The lowest BCUT2D eigenvalue weighted by atomic mass is 9.90. The van der Waals surface area contributed by atoms with Gasteiger partial charge in [-0.15, -0.1) is 0 Å². The lowest BCUT2D eigenvalue weighted by Crippen LogP contribution is -2.38. The highest BCUT2D eigenvalue weighted by atomic mass is 16.5. The second kappa shape index (κ2) is 8.27. The van der Waals surface area contributed by atoms with Gasteiger partial charge in [-0.2, -0.15) is 0 Å². The minimum Gasteiger partial charge on any atom is -0.385 e. The first-order chi connectivity index (χ1) is 9.12. The second-order valence-corrected chi connectivity index (χ2v) is 5.00. The summed E-state index contributed by atoms with van der Waals surface area (Å²) in [5, 5.41) is 10.6. The van der Waals surface area contributed by atoms with Crippen molar-refractivity contribution in [2.75, 3.05) is 40.4 Å². The standard InChI is InChI=1S/C15H26N2O2/c1-17(10-6-12-19-2)11-9-15(18,13-16)14-7-4-3-5-8-14/h3-5,7-8,18H,6,9-13,16H2,1-2H3. The molecular weight excluding hydrogens is 240 g/mol. The van der Waals surface area contributed by atoms with Crippen LogP contribution in [0.3, 0.4) is 0 Å². The minimum atomic E-state index is -0.934. The van der Waals surface area contributed by atoms with Crippen molar-refractivity contribution in [1.29, 1.82) is 0 Å². The molecule has 0 radical (unpaired) electrons. The number of nitrogens with two attached hydrogens (primary N) is 1. The van der Waals surface area contributed by atoms with Crippen molar-refractivity contribution < 1.29 is 9.84 Å². The molecule has 0 saturated carbocycles. The molecular formula is C15H26N2O2. The summed E-state index contributed by atoms with van der Waals surface area (Å²) in [5.74, 6) is 0. The monoisotopic (exact) mass is 266 g/mol. The van der Waals surface area contributed by atoms with E-state index in [0.717, 1.165) is 31.7 Å². The molecule has 1 atom stereocenters. The molecule has 1 rings (SSSR count). The van der Waals surface area contributed by atoms with E-state index in [-0.39, 0.29) is 6.54 Å².